The number of rotatable bonds is 6. The number of carbonyl (C=O) groups is 2. The van der Waals surface area contributed by atoms with Gasteiger partial charge in [-0.1, -0.05) is 23.4 Å². The smallest absolute Gasteiger partial charge is 0.257 e. The second kappa shape index (κ2) is 9.64. The summed E-state index contributed by atoms with van der Waals surface area (Å²) in [5, 5.41) is 6.73. The minimum atomic E-state index is -0.372. The first kappa shape index (κ1) is 21.5. The number of aromatic nitrogens is 1. The third-order valence-electron chi connectivity index (χ3n) is 5.59. The van der Waals surface area contributed by atoms with Crippen LogP contribution < -0.4 is 10.2 Å². The SMILES string of the molecule is Cc1onc(-c2ccc(F)cc2)c1C(=O)NCCC(=O)N1CCN(c2ccccc2)CC1. The molecule has 3 aromatic rings. The van der Waals surface area contributed by atoms with E-state index >= 15 is 0 Å². The number of halogens is 1. The van der Waals surface area contributed by atoms with Crippen molar-refractivity contribution in [2.75, 3.05) is 37.6 Å². The third kappa shape index (κ3) is 4.80. The van der Waals surface area contributed by atoms with Crippen LogP contribution in [-0.2, 0) is 4.79 Å². The Labute approximate surface area is 185 Å². The van der Waals surface area contributed by atoms with Gasteiger partial charge in [0.05, 0.1) is 0 Å². The topological polar surface area (TPSA) is 78.7 Å². The third-order valence-corrected chi connectivity index (χ3v) is 5.59. The molecule has 0 unspecified atom stereocenters. The number of aryl methyl sites for hydroxylation is 1. The van der Waals surface area contributed by atoms with Gasteiger partial charge in [-0.25, -0.2) is 4.39 Å². The molecule has 1 aliphatic heterocycles. The molecule has 7 nitrogen and oxygen atoms in total. The summed E-state index contributed by atoms with van der Waals surface area (Å²) in [5.41, 5.74) is 2.39. The second-order valence-corrected chi connectivity index (χ2v) is 7.68. The fraction of sp³-hybridized carbons (Fsp3) is 0.292. The van der Waals surface area contributed by atoms with Crippen LogP contribution in [0.5, 0.6) is 0 Å². The molecule has 0 spiro atoms. The lowest BCUT2D eigenvalue weighted by atomic mass is 10.1. The van der Waals surface area contributed by atoms with Crippen molar-refractivity contribution >= 4 is 17.5 Å². The van der Waals surface area contributed by atoms with E-state index in [1.807, 2.05) is 23.1 Å². The zero-order valence-corrected chi connectivity index (χ0v) is 17.9. The Bertz CT molecular complexity index is 1070. The maximum atomic E-state index is 13.2. The first-order valence-corrected chi connectivity index (χ1v) is 10.6. The quantitative estimate of drug-likeness (QED) is 0.642. The van der Waals surface area contributed by atoms with E-state index in [0.717, 1.165) is 18.8 Å². The van der Waals surface area contributed by atoms with Crippen molar-refractivity contribution in [3.05, 3.63) is 71.7 Å². The Morgan fingerprint density at radius 3 is 2.41 bits per heavy atom. The monoisotopic (exact) mass is 436 g/mol. The molecule has 1 N–H and O–H groups in total. The summed E-state index contributed by atoms with van der Waals surface area (Å²) < 4.78 is 18.4. The number of para-hydroxylation sites is 1. The van der Waals surface area contributed by atoms with Gasteiger partial charge in [0.15, 0.2) is 0 Å². The van der Waals surface area contributed by atoms with E-state index in [1.165, 1.54) is 12.1 Å². The maximum absolute atomic E-state index is 13.2. The zero-order valence-electron chi connectivity index (χ0n) is 17.9. The number of amides is 2. The molecule has 2 aromatic carbocycles. The molecule has 166 valence electrons. The van der Waals surface area contributed by atoms with Crippen LogP contribution >= 0.6 is 0 Å². The Morgan fingerprint density at radius 1 is 1.03 bits per heavy atom. The summed E-state index contributed by atoms with van der Waals surface area (Å²) in [5.74, 6) is -0.364. The average molecular weight is 436 g/mol. The van der Waals surface area contributed by atoms with Crippen LogP contribution in [0.3, 0.4) is 0 Å². The van der Waals surface area contributed by atoms with Crippen molar-refractivity contribution in [2.45, 2.75) is 13.3 Å². The highest BCUT2D eigenvalue weighted by molar-refractivity contribution is 6.00. The summed E-state index contributed by atoms with van der Waals surface area (Å²) in [6, 6.07) is 15.8. The van der Waals surface area contributed by atoms with E-state index < -0.39 is 0 Å². The Hall–Kier alpha value is -3.68. The lowest BCUT2D eigenvalue weighted by molar-refractivity contribution is -0.131. The molecule has 32 heavy (non-hydrogen) atoms. The molecule has 8 heteroatoms. The van der Waals surface area contributed by atoms with Crippen LogP contribution in [0.1, 0.15) is 22.5 Å². The standard InChI is InChI=1S/C24H25FN4O3/c1-17-22(23(27-32-17)18-7-9-19(25)10-8-18)24(31)26-12-11-21(30)29-15-13-28(14-16-29)20-5-3-2-4-6-20/h2-10H,11-16H2,1H3,(H,26,31). The molecule has 2 heterocycles. The van der Waals surface area contributed by atoms with Gasteiger partial charge in [-0.05, 0) is 43.3 Å². The van der Waals surface area contributed by atoms with Gasteiger partial charge in [0.25, 0.3) is 5.91 Å². The Kier molecular flexibility index (Phi) is 6.49. The van der Waals surface area contributed by atoms with E-state index in [4.69, 9.17) is 4.52 Å². The molecule has 0 atom stereocenters. The molecule has 1 saturated heterocycles. The van der Waals surface area contributed by atoms with Crippen LogP contribution in [0.15, 0.2) is 59.1 Å². The molecule has 1 fully saturated rings. The summed E-state index contributed by atoms with van der Waals surface area (Å²) in [4.78, 5) is 29.4. The van der Waals surface area contributed by atoms with Crippen LogP contribution in [0.2, 0.25) is 0 Å². The highest BCUT2D eigenvalue weighted by atomic mass is 19.1. The van der Waals surface area contributed by atoms with E-state index in [2.05, 4.69) is 27.5 Å². The molecule has 4 rings (SSSR count). The van der Waals surface area contributed by atoms with E-state index in [1.54, 1.807) is 19.1 Å². The number of benzene rings is 2. The van der Waals surface area contributed by atoms with Crippen molar-refractivity contribution in [3.63, 3.8) is 0 Å². The van der Waals surface area contributed by atoms with Crippen LogP contribution in [0.25, 0.3) is 11.3 Å². The lowest BCUT2D eigenvalue weighted by Crippen LogP contribution is -2.49. The first-order valence-electron chi connectivity index (χ1n) is 10.6. The maximum Gasteiger partial charge on any atom is 0.257 e. The van der Waals surface area contributed by atoms with E-state index in [-0.39, 0.29) is 30.6 Å². The molecule has 1 aromatic heterocycles. The van der Waals surface area contributed by atoms with Crippen LogP contribution in [0.4, 0.5) is 10.1 Å². The first-order chi connectivity index (χ1) is 15.5. The number of anilines is 1. The summed E-state index contributed by atoms with van der Waals surface area (Å²) >= 11 is 0. The number of piperazine rings is 1. The van der Waals surface area contributed by atoms with Crippen molar-refractivity contribution in [1.82, 2.24) is 15.4 Å². The van der Waals surface area contributed by atoms with Gasteiger partial charge >= 0.3 is 0 Å². The minimum absolute atomic E-state index is 0.0128. The van der Waals surface area contributed by atoms with E-state index in [9.17, 15) is 14.0 Å². The molecule has 0 radical (unpaired) electrons. The van der Waals surface area contributed by atoms with Gasteiger partial charge in [-0.2, -0.15) is 0 Å². The van der Waals surface area contributed by atoms with Gasteiger partial charge in [0, 0.05) is 50.4 Å². The fourth-order valence-electron chi connectivity index (χ4n) is 3.83. The average Bonchev–Trinajstić information content (AvgIpc) is 3.21. The number of nitrogens with one attached hydrogen (secondary N) is 1. The van der Waals surface area contributed by atoms with Crippen molar-refractivity contribution in [3.8, 4) is 11.3 Å². The van der Waals surface area contributed by atoms with Gasteiger partial charge < -0.3 is 19.6 Å². The van der Waals surface area contributed by atoms with Gasteiger partial charge in [0.1, 0.15) is 22.8 Å². The van der Waals surface area contributed by atoms with Crippen molar-refractivity contribution in [1.29, 1.82) is 0 Å². The highest BCUT2D eigenvalue weighted by Crippen LogP contribution is 2.25. The normalized spacial score (nSPS) is 13.8. The molecule has 0 saturated carbocycles. The number of hydrogen-bond donors (Lipinski definition) is 1. The molecular formula is C24H25FN4O3. The van der Waals surface area contributed by atoms with Crippen molar-refractivity contribution < 1.29 is 18.5 Å². The predicted molar refractivity (Wildman–Crippen MR) is 119 cm³/mol. The summed E-state index contributed by atoms with van der Waals surface area (Å²) in [6.07, 6.45) is 0.216. The number of nitrogens with zero attached hydrogens (tertiary/aromatic N) is 3. The molecule has 2 amide bonds. The fourth-order valence-corrected chi connectivity index (χ4v) is 3.83. The van der Waals surface area contributed by atoms with E-state index in [0.29, 0.717) is 35.7 Å². The Morgan fingerprint density at radius 2 is 1.72 bits per heavy atom. The molecular weight excluding hydrogens is 411 g/mol. The Balaban J connectivity index is 1.29. The van der Waals surface area contributed by atoms with Crippen LogP contribution in [0, 0.1) is 12.7 Å². The second-order valence-electron chi connectivity index (χ2n) is 7.68. The summed E-state index contributed by atoms with van der Waals surface area (Å²) in [6.45, 7) is 4.73. The van der Waals surface area contributed by atoms with Gasteiger partial charge in [0.2, 0.25) is 5.91 Å². The minimum Gasteiger partial charge on any atom is -0.368 e. The number of carbonyl (C=O) groups excluding carboxylic acids is 2. The predicted octanol–water partition coefficient (Wildman–Crippen LogP) is 3.26. The van der Waals surface area contributed by atoms with Gasteiger partial charge in [-0.15, -0.1) is 0 Å². The van der Waals surface area contributed by atoms with Crippen molar-refractivity contribution in [2.24, 2.45) is 0 Å². The lowest BCUT2D eigenvalue weighted by Gasteiger charge is -2.36. The van der Waals surface area contributed by atoms with Crippen LogP contribution in [-0.4, -0.2) is 54.6 Å². The number of hydrogen-bond acceptors (Lipinski definition) is 5. The zero-order chi connectivity index (χ0) is 22.5. The summed E-state index contributed by atoms with van der Waals surface area (Å²) in [7, 11) is 0. The molecule has 0 bridgehead atoms. The molecule has 0 aliphatic carbocycles. The molecule has 1 aliphatic rings. The van der Waals surface area contributed by atoms with Gasteiger partial charge in [-0.3, -0.25) is 9.59 Å². The highest BCUT2D eigenvalue weighted by Gasteiger charge is 2.23. The largest absolute Gasteiger partial charge is 0.368 e.